The molecular weight excluding hydrogens is 274 g/mol. The minimum atomic E-state index is -0.381. The van der Waals surface area contributed by atoms with E-state index in [4.69, 9.17) is 0 Å². The van der Waals surface area contributed by atoms with E-state index in [0.717, 1.165) is 32.2 Å². The molecule has 0 unspecified atom stereocenters. The van der Waals surface area contributed by atoms with Gasteiger partial charge in [-0.15, -0.1) is 11.3 Å². The average molecular weight is 293 g/mol. The van der Waals surface area contributed by atoms with Gasteiger partial charge in [-0.3, -0.25) is 4.79 Å². The van der Waals surface area contributed by atoms with Crippen LogP contribution in [0.5, 0.6) is 0 Å². The summed E-state index contributed by atoms with van der Waals surface area (Å²) in [6.45, 7) is 2.10. The van der Waals surface area contributed by atoms with Crippen LogP contribution < -0.4 is 10.6 Å². The van der Waals surface area contributed by atoms with E-state index in [1.54, 1.807) is 16.2 Å². The predicted molar refractivity (Wildman–Crippen MR) is 77.6 cm³/mol. The van der Waals surface area contributed by atoms with E-state index in [1.165, 1.54) is 10.4 Å². The number of amides is 3. The van der Waals surface area contributed by atoms with Gasteiger partial charge in [0.15, 0.2) is 0 Å². The number of hydrogen-bond acceptors (Lipinski definition) is 3. The molecule has 2 aliphatic rings. The van der Waals surface area contributed by atoms with E-state index in [0.29, 0.717) is 13.1 Å². The monoisotopic (exact) mass is 293 g/mol. The Balaban J connectivity index is 1.61. The number of thiophene rings is 1. The zero-order valence-corrected chi connectivity index (χ0v) is 12.2. The van der Waals surface area contributed by atoms with Crippen LogP contribution in [0.3, 0.4) is 0 Å². The zero-order valence-electron chi connectivity index (χ0n) is 11.4. The van der Waals surface area contributed by atoms with E-state index < -0.39 is 0 Å². The number of hydrogen-bond donors (Lipinski definition) is 2. The number of nitrogens with zero attached hydrogens (tertiary/aromatic N) is 1. The Morgan fingerprint density at radius 1 is 1.45 bits per heavy atom. The first-order valence-electron chi connectivity index (χ1n) is 7.12. The number of fused-ring (bicyclic) bond motifs is 1. The van der Waals surface area contributed by atoms with Crippen LogP contribution in [0, 0.1) is 0 Å². The smallest absolute Gasteiger partial charge is 0.318 e. The first-order chi connectivity index (χ1) is 9.74. The van der Waals surface area contributed by atoms with Crippen LogP contribution in [0.1, 0.15) is 29.7 Å². The molecule has 0 aliphatic carbocycles. The molecule has 5 nitrogen and oxygen atoms in total. The first kappa shape index (κ1) is 13.4. The summed E-state index contributed by atoms with van der Waals surface area (Å²) < 4.78 is 0. The van der Waals surface area contributed by atoms with Crippen molar-refractivity contribution in [2.75, 3.05) is 13.1 Å². The van der Waals surface area contributed by atoms with Crippen molar-refractivity contribution in [1.29, 1.82) is 0 Å². The van der Waals surface area contributed by atoms with Crippen LogP contribution >= 0.6 is 11.3 Å². The van der Waals surface area contributed by atoms with Crippen molar-refractivity contribution in [3.63, 3.8) is 0 Å². The normalized spacial score (nSPS) is 22.7. The van der Waals surface area contributed by atoms with Crippen molar-refractivity contribution in [2.45, 2.75) is 38.3 Å². The van der Waals surface area contributed by atoms with Crippen molar-refractivity contribution in [3.8, 4) is 0 Å². The highest BCUT2D eigenvalue weighted by molar-refractivity contribution is 7.10. The van der Waals surface area contributed by atoms with Crippen LogP contribution in [0.2, 0.25) is 0 Å². The highest BCUT2D eigenvalue weighted by atomic mass is 32.1. The molecule has 0 spiro atoms. The van der Waals surface area contributed by atoms with E-state index in [-0.39, 0.29) is 18.0 Å². The Morgan fingerprint density at radius 3 is 3.25 bits per heavy atom. The Bertz CT molecular complexity index is 514. The van der Waals surface area contributed by atoms with E-state index in [9.17, 15) is 9.59 Å². The van der Waals surface area contributed by atoms with Crippen LogP contribution in [-0.2, 0) is 17.8 Å². The van der Waals surface area contributed by atoms with Gasteiger partial charge in [-0.05, 0) is 42.7 Å². The van der Waals surface area contributed by atoms with E-state index in [1.807, 2.05) is 0 Å². The summed E-state index contributed by atoms with van der Waals surface area (Å²) in [6.07, 6.45) is 3.60. The summed E-state index contributed by atoms with van der Waals surface area (Å²) in [6, 6.07) is 1.58. The third kappa shape index (κ3) is 2.80. The molecule has 0 saturated carbocycles. The largest absolute Gasteiger partial charge is 0.354 e. The van der Waals surface area contributed by atoms with Gasteiger partial charge in [0.05, 0.1) is 0 Å². The van der Waals surface area contributed by atoms with Gasteiger partial charge in [-0.1, -0.05) is 0 Å². The lowest BCUT2D eigenvalue weighted by molar-refractivity contribution is -0.122. The van der Waals surface area contributed by atoms with Crippen molar-refractivity contribution in [3.05, 3.63) is 21.9 Å². The van der Waals surface area contributed by atoms with Crippen LogP contribution in [-0.4, -0.2) is 36.0 Å². The second kappa shape index (κ2) is 5.83. The molecule has 3 rings (SSSR count). The number of nitrogens with one attached hydrogen (secondary N) is 2. The Hall–Kier alpha value is -1.56. The van der Waals surface area contributed by atoms with Gasteiger partial charge >= 0.3 is 6.03 Å². The van der Waals surface area contributed by atoms with Crippen LogP contribution in [0.25, 0.3) is 0 Å². The van der Waals surface area contributed by atoms with Crippen molar-refractivity contribution >= 4 is 23.3 Å². The number of carbonyl (C=O) groups is 2. The SMILES string of the molecule is O=C1NCCCC[C@@H]1NC(=O)N1CCc2sccc2C1. The van der Waals surface area contributed by atoms with Gasteiger partial charge in [0.2, 0.25) is 5.91 Å². The third-order valence-corrected chi connectivity index (χ3v) is 4.95. The summed E-state index contributed by atoms with van der Waals surface area (Å²) in [5, 5.41) is 7.80. The minimum Gasteiger partial charge on any atom is -0.354 e. The fourth-order valence-corrected chi connectivity index (χ4v) is 3.63. The Labute approximate surface area is 122 Å². The maximum Gasteiger partial charge on any atom is 0.318 e. The number of carbonyl (C=O) groups excluding carboxylic acids is 2. The molecule has 6 heteroatoms. The van der Waals surface area contributed by atoms with Gasteiger partial charge in [-0.25, -0.2) is 4.79 Å². The van der Waals surface area contributed by atoms with Crippen LogP contribution in [0.15, 0.2) is 11.4 Å². The molecule has 1 aromatic heterocycles. The quantitative estimate of drug-likeness (QED) is 0.824. The molecule has 1 aromatic rings. The molecule has 1 fully saturated rings. The molecule has 3 amide bonds. The van der Waals surface area contributed by atoms with E-state index >= 15 is 0 Å². The fraction of sp³-hybridized carbons (Fsp3) is 0.571. The van der Waals surface area contributed by atoms with Gasteiger partial charge < -0.3 is 15.5 Å². The number of rotatable bonds is 1. The molecular formula is C14H19N3O2S. The van der Waals surface area contributed by atoms with Crippen LogP contribution in [0.4, 0.5) is 4.79 Å². The Kier molecular flexibility index (Phi) is 3.91. The molecule has 20 heavy (non-hydrogen) atoms. The van der Waals surface area contributed by atoms with Gasteiger partial charge in [0, 0.05) is 24.5 Å². The molecule has 3 heterocycles. The maximum atomic E-state index is 12.3. The fourth-order valence-electron chi connectivity index (χ4n) is 2.74. The van der Waals surface area contributed by atoms with E-state index in [2.05, 4.69) is 22.1 Å². The second-order valence-corrected chi connectivity index (χ2v) is 6.33. The lowest BCUT2D eigenvalue weighted by Gasteiger charge is -2.28. The number of urea groups is 1. The average Bonchev–Trinajstić information content (AvgIpc) is 2.83. The third-order valence-electron chi connectivity index (χ3n) is 3.93. The lowest BCUT2D eigenvalue weighted by atomic mass is 10.1. The van der Waals surface area contributed by atoms with Gasteiger partial charge in [0.25, 0.3) is 0 Å². The Morgan fingerprint density at radius 2 is 2.35 bits per heavy atom. The maximum absolute atomic E-state index is 12.3. The van der Waals surface area contributed by atoms with Gasteiger partial charge in [0.1, 0.15) is 6.04 Å². The molecule has 0 bridgehead atoms. The standard InChI is InChI=1S/C14H19N3O2S/c18-13-11(3-1-2-6-15-13)16-14(19)17-7-4-12-10(9-17)5-8-20-12/h5,8,11H,1-4,6-7,9H2,(H,15,18)(H,16,19)/t11-/m0/s1. The molecule has 2 aliphatic heterocycles. The topological polar surface area (TPSA) is 61.4 Å². The molecule has 1 saturated heterocycles. The summed E-state index contributed by atoms with van der Waals surface area (Å²) >= 11 is 1.76. The summed E-state index contributed by atoms with van der Waals surface area (Å²) in [7, 11) is 0. The minimum absolute atomic E-state index is 0.0518. The lowest BCUT2D eigenvalue weighted by Crippen LogP contribution is -2.51. The molecule has 1 atom stereocenters. The molecule has 2 N–H and O–H groups in total. The van der Waals surface area contributed by atoms with Gasteiger partial charge in [-0.2, -0.15) is 0 Å². The van der Waals surface area contributed by atoms with Crippen molar-refractivity contribution < 1.29 is 9.59 Å². The van der Waals surface area contributed by atoms with Crippen molar-refractivity contribution in [2.24, 2.45) is 0 Å². The highest BCUT2D eigenvalue weighted by Gasteiger charge is 2.27. The molecule has 0 radical (unpaired) electrons. The summed E-state index contributed by atoms with van der Waals surface area (Å²) in [4.78, 5) is 27.3. The highest BCUT2D eigenvalue weighted by Crippen LogP contribution is 2.24. The molecule has 108 valence electrons. The zero-order chi connectivity index (χ0) is 13.9. The van der Waals surface area contributed by atoms with Crippen molar-refractivity contribution in [1.82, 2.24) is 15.5 Å². The second-order valence-electron chi connectivity index (χ2n) is 5.33. The summed E-state index contributed by atoms with van der Waals surface area (Å²) in [5.74, 6) is -0.0518. The predicted octanol–water partition coefficient (Wildman–Crippen LogP) is 1.48. The first-order valence-corrected chi connectivity index (χ1v) is 8.00. The summed E-state index contributed by atoms with van der Waals surface area (Å²) in [5.41, 5.74) is 1.24. The molecule has 0 aromatic carbocycles.